The summed E-state index contributed by atoms with van der Waals surface area (Å²) in [6.07, 6.45) is 9.94. The summed E-state index contributed by atoms with van der Waals surface area (Å²) in [6, 6.07) is 3.55. The fraction of sp³-hybridized carbons (Fsp3) is 0.500. The highest BCUT2D eigenvalue weighted by Crippen LogP contribution is 2.35. The first-order chi connectivity index (χ1) is 13.5. The quantitative estimate of drug-likeness (QED) is 0.803. The minimum absolute atomic E-state index is 0.0180. The fourth-order valence-electron chi connectivity index (χ4n) is 3.93. The summed E-state index contributed by atoms with van der Waals surface area (Å²) in [5.74, 6) is 0.323. The Labute approximate surface area is 168 Å². The van der Waals surface area contributed by atoms with Crippen molar-refractivity contribution in [1.82, 2.24) is 19.9 Å². The minimum atomic E-state index is -0.703. The van der Waals surface area contributed by atoms with E-state index in [9.17, 15) is 9.59 Å². The Morgan fingerprint density at radius 3 is 2.68 bits per heavy atom. The van der Waals surface area contributed by atoms with Crippen molar-refractivity contribution in [3.8, 4) is 11.3 Å². The Morgan fingerprint density at radius 1 is 1.25 bits per heavy atom. The van der Waals surface area contributed by atoms with E-state index in [-0.39, 0.29) is 17.5 Å². The summed E-state index contributed by atoms with van der Waals surface area (Å²) < 4.78 is 1.74. The van der Waals surface area contributed by atoms with Gasteiger partial charge in [0, 0.05) is 30.9 Å². The van der Waals surface area contributed by atoms with Crippen LogP contribution in [0.1, 0.15) is 51.0 Å². The van der Waals surface area contributed by atoms with Crippen molar-refractivity contribution < 1.29 is 4.79 Å². The van der Waals surface area contributed by atoms with Gasteiger partial charge in [0.15, 0.2) is 0 Å². The van der Waals surface area contributed by atoms with Crippen molar-refractivity contribution in [1.29, 1.82) is 0 Å². The van der Waals surface area contributed by atoms with E-state index < -0.39 is 5.54 Å². The number of pyridine rings is 1. The van der Waals surface area contributed by atoms with Gasteiger partial charge in [-0.25, -0.2) is 9.97 Å². The molecule has 0 saturated heterocycles. The van der Waals surface area contributed by atoms with Gasteiger partial charge in [0.25, 0.3) is 5.56 Å². The third kappa shape index (κ3) is 3.63. The number of carbonyl (C=O) groups is 1. The van der Waals surface area contributed by atoms with E-state index in [2.05, 4.69) is 20.6 Å². The molecule has 0 unspecified atom stereocenters. The Hall–Kier alpha value is -2.41. The Balaban J connectivity index is 1.68. The van der Waals surface area contributed by atoms with E-state index in [4.69, 9.17) is 11.6 Å². The Morgan fingerprint density at radius 2 is 2.00 bits per heavy atom. The maximum atomic E-state index is 12.6. The van der Waals surface area contributed by atoms with Crippen LogP contribution < -0.4 is 16.2 Å². The van der Waals surface area contributed by atoms with Gasteiger partial charge in [0.1, 0.15) is 5.54 Å². The number of rotatable bonds is 5. The maximum Gasteiger partial charge on any atom is 0.250 e. The molecule has 2 aromatic heterocycles. The number of aromatic nitrogens is 3. The molecule has 4 rings (SSSR count). The monoisotopic (exact) mass is 401 g/mol. The highest BCUT2D eigenvalue weighted by molar-refractivity contribution is 6.32. The molecular formula is C20H24ClN5O2. The second-order valence-electron chi connectivity index (χ2n) is 7.63. The molecule has 1 amide bonds. The van der Waals surface area contributed by atoms with Crippen molar-refractivity contribution in [3.05, 3.63) is 39.9 Å². The van der Waals surface area contributed by atoms with E-state index in [0.29, 0.717) is 16.7 Å². The molecule has 0 bridgehead atoms. The number of nitrogens with zero attached hydrogens (tertiary/aromatic N) is 3. The third-order valence-electron chi connectivity index (χ3n) is 5.62. The molecule has 2 aliphatic rings. The lowest BCUT2D eigenvalue weighted by molar-refractivity contribution is -0.126. The lowest BCUT2D eigenvalue weighted by atomic mass is 9.81. The molecule has 2 saturated carbocycles. The van der Waals surface area contributed by atoms with Crippen LogP contribution in [-0.4, -0.2) is 33.0 Å². The van der Waals surface area contributed by atoms with E-state index in [0.717, 1.165) is 50.5 Å². The molecule has 0 spiro atoms. The zero-order valence-electron chi connectivity index (χ0n) is 15.9. The van der Waals surface area contributed by atoms with E-state index >= 15 is 0 Å². The average molecular weight is 402 g/mol. The molecule has 2 fully saturated rings. The first-order valence-electron chi connectivity index (χ1n) is 9.78. The zero-order valence-corrected chi connectivity index (χ0v) is 16.6. The van der Waals surface area contributed by atoms with Gasteiger partial charge >= 0.3 is 0 Å². The summed E-state index contributed by atoms with van der Waals surface area (Å²) in [4.78, 5) is 33.6. The molecule has 28 heavy (non-hydrogen) atoms. The number of halogens is 1. The summed E-state index contributed by atoms with van der Waals surface area (Å²) in [6.45, 7) is 0. The van der Waals surface area contributed by atoms with Crippen molar-refractivity contribution >= 4 is 23.5 Å². The molecule has 0 atom stereocenters. The number of hydrogen-bond donors (Lipinski definition) is 2. The van der Waals surface area contributed by atoms with Crippen molar-refractivity contribution in [2.24, 2.45) is 0 Å². The number of amides is 1. The first kappa shape index (κ1) is 18.9. The van der Waals surface area contributed by atoms with Crippen LogP contribution in [0.5, 0.6) is 0 Å². The molecule has 2 heterocycles. The largest absolute Gasteiger partial charge is 0.357 e. The van der Waals surface area contributed by atoms with Crippen molar-refractivity contribution in [3.63, 3.8) is 0 Å². The van der Waals surface area contributed by atoms with Gasteiger partial charge in [-0.3, -0.25) is 9.59 Å². The maximum absolute atomic E-state index is 12.6. The second-order valence-corrected chi connectivity index (χ2v) is 8.04. The Bertz CT molecular complexity index is 948. The van der Waals surface area contributed by atoms with Crippen molar-refractivity contribution in [2.75, 3.05) is 12.4 Å². The molecule has 7 nitrogen and oxygen atoms in total. The molecule has 2 N–H and O–H groups in total. The van der Waals surface area contributed by atoms with Crippen LogP contribution in [0.2, 0.25) is 5.02 Å². The second kappa shape index (κ2) is 7.54. The van der Waals surface area contributed by atoms with Crippen LogP contribution in [0.15, 0.2) is 29.3 Å². The van der Waals surface area contributed by atoms with Gasteiger partial charge in [-0.2, -0.15) is 0 Å². The third-order valence-corrected chi connectivity index (χ3v) is 5.89. The standard InChI is InChI=1S/C20H24ClN5O2/c1-22-18(28)20(9-3-2-4-10-20)25-19-23-11-15(21)17(24-19)13-5-8-16(27)26(12-13)14-6-7-14/h5,8,11-12,14H,2-4,6-7,9-10H2,1H3,(H,22,28)(H,23,24,25). The van der Waals surface area contributed by atoms with E-state index in [1.54, 1.807) is 29.9 Å². The fourth-order valence-corrected chi connectivity index (χ4v) is 4.13. The lowest BCUT2D eigenvalue weighted by Crippen LogP contribution is -2.53. The van der Waals surface area contributed by atoms with Crippen molar-refractivity contribution in [2.45, 2.75) is 56.5 Å². The van der Waals surface area contributed by atoms with Gasteiger partial charge in [-0.05, 0) is 31.7 Å². The van der Waals surface area contributed by atoms with E-state index in [1.165, 1.54) is 0 Å². The predicted octanol–water partition coefficient (Wildman–Crippen LogP) is 3.15. The summed E-state index contributed by atoms with van der Waals surface area (Å²) in [7, 11) is 1.65. The van der Waals surface area contributed by atoms with Crippen LogP contribution in [0.4, 0.5) is 5.95 Å². The first-order valence-corrected chi connectivity index (χ1v) is 10.2. The predicted molar refractivity (Wildman–Crippen MR) is 109 cm³/mol. The van der Waals surface area contributed by atoms with Crippen LogP contribution in [0, 0.1) is 0 Å². The molecule has 2 aromatic rings. The topological polar surface area (TPSA) is 88.9 Å². The van der Waals surface area contributed by atoms with Crippen LogP contribution >= 0.6 is 11.6 Å². The summed E-state index contributed by atoms with van der Waals surface area (Å²) in [5, 5.41) is 6.45. The molecular weight excluding hydrogens is 378 g/mol. The normalized spacial score (nSPS) is 18.5. The Kier molecular flexibility index (Phi) is 5.10. The number of anilines is 1. The van der Waals surface area contributed by atoms with Gasteiger partial charge in [0.05, 0.1) is 16.9 Å². The number of carbonyl (C=O) groups excluding carboxylic acids is 1. The molecule has 2 aliphatic carbocycles. The molecule has 0 aliphatic heterocycles. The molecule has 0 aromatic carbocycles. The van der Waals surface area contributed by atoms with Crippen LogP contribution in [-0.2, 0) is 4.79 Å². The van der Waals surface area contributed by atoms with Gasteiger partial charge in [0.2, 0.25) is 11.9 Å². The summed E-state index contributed by atoms with van der Waals surface area (Å²) >= 11 is 6.37. The van der Waals surface area contributed by atoms with Gasteiger partial charge < -0.3 is 15.2 Å². The molecule has 0 radical (unpaired) electrons. The minimum Gasteiger partial charge on any atom is -0.357 e. The van der Waals surface area contributed by atoms with E-state index in [1.807, 2.05) is 6.20 Å². The highest BCUT2D eigenvalue weighted by atomic mass is 35.5. The molecule has 8 heteroatoms. The number of nitrogens with one attached hydrogen (secondary N) is 2. The van der Waals surface area contributed by atoms with Gasteiger partial charge in [-0.1, -0.05) is 30.9 Å². The SMILES string of the molecule is CNC(=O)C1(Nc2ncc(Cl)c(-c3ccc(=O)n(C4CC4)c3)n2)CCCCC1. The summed E-state index contributed by atoms with van der Waals surface area (Å²) in [5.41, 5.74) is 0.594. The van der Waals surface area contributed by atoms with Gasteiger partial charge in [-0.15, -0.1) is 0 Å². The number of likely N-dealkylation sites (N-methyl/N-ethyl adjacent to an activating group) is 1. The average Bonchev–Trinajstić information content (AvgIpc) is 3.55. The smallest absolute Gasteiger partial charge is 0.250 e. The highest BCUT2D eigenvalue weighted by Gasteiger charge is 2.39. The lowest BCUT2D eigenvalue weighted by Gasteiger charge is -2.36. The number of hydrogen-bond acceptors (Lipinski definition) is 5. The zero-order chi connectivity index (χ0) is 19.7. The van der Waals surface area contributed by atoms with Crippen LogP contribution in [0.25, 0.3) is 11.3 Å². The molecule has 148 valence electrons. The van der Waals surface area contributed by atoms with Crippen LogP contribution in [0.3, 0.4) is 0 Å².